The van der Waals surface area contributed by atoms with E-state index in [-0.39, 0.29) is 12.0 Å². The monoisotopic (exact) mass is 355 g/mol. The third kappa shape index (κ3) is 3.85. The van der Waals surface area contributed by atoms with Gasteiger partial charge >= 0.3 is 0 Å². The molecule has 6 heteroatoms. The number of aryl methyl sites for hydroxylation is 1. The highest BCUT2D eigenvalue weighted by molar-refractivity contribution is 6.05. The highest BCUT2D eigenvalue weighted by Gasteiger charge is 2.29. The molecule has 0 aliphatic rings. The van der Waals surface area contributed by atoms with Crippen LogP contribution in [0.3, 0.4) is 0 Å². The number of alkyl halides is 2. The summed E-state index contributed by atoms with van der Waals surface area (Å²) in [6, 6.07) is 15.3. The van der Waals surface area contributed by atoms with Crippen molar-refractivity contribution in [2.45, 2.75) is 25.3 Å². The SMILES string of the molecule is CN(C(=O)c1cnnc2ccccc12)C(CCc1ccccc1)C(F)F. The first kappa shape index (κ1) is 17.9. The lowest BCUT2D eigenvalue weighted by molar-refractivity contribution is 0.0274. The molecular weight excluding hydrogens is 336 g/mol. The number of hydrogen-bond donors (Lipinski definition) is 0. The Bertz CT molecular complexity index is 881. The number of halogens is 2. The normalized spacial score (nSPS) is 12.3. The Morgan fingerprint density at radius 1 is 1.08 bits per heavy atom. The minimum absolute atomic E-state index is 0.181. The van der Waals surface area contributed by atoms with Crippen molar-refractivity contribution in [1.82, 2.24) is 15.1 Å². The summed E-state index contributed by atoms with van der Waals surface area (Å²) < 4.78 is 27.2. The number of amides is 1. The molecule has 0 N–H and O–H groups in total. The van der Waals surface area contributed by atoms with Crippen LogP contribution in [0.4, 0.5) is 8.78 Å². The molecule has 0 aliphatic heterocycles. The molecule has 0 spiro atoms. The Hall–Kier alpha value is -2.89. The van der Waals surface area contributed by atoms with Crippen LogP contribution in [-0.2, 0) is 6.42 Å². The van der Waals surface area contributed by atoms with Crippen molar-refractivity contribution in [3.63, 3.8) is 0 Å². The van der Waals surface area contributed by atoms with Gasteiger partial charge in [0.1, 0.15) is 0 Å². The zero-order valence-corrected chi connectivity index (χ0v) is 14.3. The summed E-state index contributed by atoms with van der Waals surface area (Å²) in [5, 5.41) is 8.41. The third-order valence-electron chi connectivity index (χ3n) is 4.46. The van der Waals surface area contributed by atoms with Crippen LogP contribution in [-0.4, -0.2) is 40.5 Å². The van der Waals surface area contributed by atoms with E-state index < -0.39 is 18.4 Å². The van der Waals surface area contributed by atoms with Crippen LogP contribution >= 0.6 is 0 Å². The second-order valence-corrected chi connectivity index (χ2v) is 6.12. The maximum atomic E-state index is 13.6. The molecule has 4 nitrogen and oxygen atoms in total. The van der Waals surface area contributed by atoms with Gasteiger partial charge in [-0.05, 0) is 24.5 Å². The average molecular weight is 355 g/mol. The molecule has 0 aliphatic carbocycles. The minimum atomic E-state index is -2.63. The van der Waals surface area contributed by atoms with E-state index in [4.69, 9.17) is 0 Å². The lowest BCUT2D eigenvalue weighted by Gasteiger charge is -2.28. The molecule has 1 amide bonds. The van der Waals surface area contributed by atoms with Crippen LogP contribution in [0.25, 0.3) is 10.9 Å². The highest BCUT2D eigenvalue weighted by Crippen LogP contribution is 2.21. The molecule has 0 saturated carbocycles. The first-order valence-corrected chi connectivity index (χ1v) is 8.37. The van der Waals surface area contributed by atoms with E-state index in [1.807, 2.05) is 30.3 Å². The number of carbonyl (C=O) groups excluding carboxylic acids is 1. The van der Waals surface area contributed by atoms with E-state index >= 15 is 0 Å². The molecule has 26 heavy (non-hydrogen) atoms. The van der Waals surface area contributed by atoms with E-state index in [1.54, 1.807) is 24.3 Å². The molecule has 0 radical (unpaired) electrons. The van der Waals surface area contributed by atoms with Gasteiger partial charge in [-0.3, -0.25) is 4.79 Å². The predicted molar refractivity (Wildman–Crippen MR) is 96.2 cm³/mol. The topological polar surface area (TPSA) is 46.1 Å². The van der Waals surface area contributed by atoms with Gasteiger partial charge in [0.2, 0.25) is 0 Å². The van der Waals surface area contributed by atoms with E-state index in [0.717, 1.165) is 10.5 Å². The third-order valence-corrected chi connectivity index (χ3v) is 4.46. The maximum absolute atomic E-state index is 13.6. The molecule has 2 aromatic carbocycles. The fourth-order valence-corrected chi connectivity index (χ4v) is 2.97. The van der Waals surface area contributed by atoms with Gasteiger partial charge in [0.15, 0.2) is 0 Å². The van der Waals surface area contributed by atoms with Crippen molar-refractivity contribution in [1.29, 1.82) is 0 Å². The second kappa shape index (κ2) is 7.99. The number of nitrogens with zero attached hydrogens (tertiary/aromatic N) is 3. The van der Waals surface area contributed by atoms with Crippen LogP contribution in [0, 0.1) is 0 Å². The minimum Gasteiger partial charge on any atom is -0.333 e. The summed E-state index contributed by atoms with van der Waals surface area (Å²) in [5.41, 5.74) is 1.81. The number of hydrogen-bond acceptors (Lipinski definition) is 3. The summed E-state index contributed by atoms with van der Waals surface area (Å²) in [6.07, 6.45) is -0.641. The van der Waals surface area contributed by atoms with Crippen LogP contribution in [0.5, 0.6) is 0 Å². The quantitative estimate of drug-likeness (QED) is 0.672. The van der Waals surface area contributed by atoms with Gasteiger partial charge in [0, 0.05) is 12.4 Å². The van der Waals surface area contributed by atoms with Crippen LogP contribution in [0.2, 0.25) is 0 Å². The number of aromatic nitrogens is 2. The molecule has 3 aromatic rings. The van der Waals surface area contributed by atoms with Gasteiger partial charge in [0.25, 0.3) is 12.3 Å². The van der Waals surface area contributed by atoms with Gasteiger partial charge in [-0.1, -0.05) is 48.5 Å². The molecule has 0 bridgehead atoms. The lowest BCUT2D eigenvalue weighted by Crippen LogP contribution is -2.42. The molecular formula is C20H19F2N3O. The average Bonchev–Trinajstić information content (AvgIpc) is 2.67. The first-order chi connectivity index (χ1) is 12.6. The van der Waals surface area contributed by atoms with Crippen molar-refractivity contribution in [3.8, 4) is 0 Å². The smallest absolute Gasteiger partial charge is 0.258 e. The number of fused-ring (bicyclic) bond motifs is 1. The fourth-order valence-electron chi connectivity index (χ4n) is 2.97. The van der Waals surface area contributed by atoms with Crippen molar-refractivity contribution in [2.24, 2.45) is 0 Å². The van der Waals surface area contributed by atoms with Gasteiger partial charge in [-0.2, -0.15) is 10.2 Å². The van der Waals surface area contributed by atoms with Crippen LogP contribution in [0.15, 0.2) is 60.8 Å². The molecule has 1 unspecified atom stereocenters. The Labute approximate surface area is 150 Å². The Kier molecular flexibility index (Phi) is 5.51. The molecule has 1 atom stereocenters. The number of carbonyl (C=O) groups is 1. The molecule has 1 heterocycles. The first-order valence-electron chi connectivity index (χ1n) is 8.37. The summed E-state index contributed by atoms with van der Waals surface area (Å²) >= 11 is 0. The number of benzene rings is 2. The van der Waals surface area contributed by atoms with E-state index in [2.05, 4.69) is 10.2 Å². The molecule has 1 aromatic heterocycles. The van der Waals surface area contributed by atoms with Gasteiger partial charge < -0.3 is 4.90 Å². The highest BCUT2D eigenvalue weighted by atomic mass is 19.3. The van der Waals surface area contributed by atoms with Crippen LogP contribution in [0.1, 0.15) is 22.3 Å². The van der Waals surface area contributed by atoms with Crippen LogP contribution < -0.4 is 0 Å². The van der Waals surface area contributed by atoms with Gasteiger partial charge in [-0.15, -0.1) is 0 Å². The standard InChI is InChI=1S/C20H19F2N3O/c1-25(18(19(21)22)12-11-14-7-3-2-4-8-14)20(26)16-13-23-24-17-10-6-5-9-15(16)17/h2-10,13,18-19H,11-12H2,1H3. The molecule has 0 fully saturated rings. The van der Waals surface area contributed by atoms with Crippen molar-refractivity contribution < 1.29 is 13.6 Å². The van der Waals surface area contributed by atoms with E-state index in [1.165, 1.54) is 13.2 Å². The predicted octanol–water partition coefficient (Wildman–Crippen LogP) is 3.97. The lowest BCUT2D eigenvalue weighted by atomic mass is 10.0. The van der Waals surface area contributed by atoms with Gasteiger partial charge in [0.05, 0.1) is 23.3 Å². The second-order valence-electron chi connectivity index (χ2n) is 6.12. The van der Waals surface area contributed by atoms with Crippen molar-refractivity contribution in [2.75, 3.05) is 7.05 Å². The Morgan fingerprint density at radius 2 is 1.77 bits per heavy atom. The zero-order valence-electron chi connectivity index (χ0n) is 14.3. The summed E-state index contributed by atoms with van der Waals surface area (Å²) in [5.74, 6) is -0.477. The molecule has 0 saturated heterocycles. The summed E-state index contributed by atoms with van der Waals surface area (Å²) in [6.45, 7) is 0. The van der Waals surface area contributed by atoms with E-state index in [0.29, 0.717) is 17.3 Å². The fraction of sp³-hybridized carbons (Fsp3) is 0.250. The molecule has 134 valence electrons. The maximum Gasteiger partial charge on any atom is 0.258 e. The molecule has 3 rings (SSSR count). The zero-order chi connectivity index (χ0) is 18.5. The Balaban J connectivity index is 1.82. The van der Waals surface area contributed by atoms with E-state index in [9.17, 15) is 13.6 Å². The summed E-state index contributed by atoms with van der Waals surface area (Å²) in [4.78, 5) is 14.0. The number of rotatable bonds is 6. The Morgan fingerprint density at radius 3 is 2.50 bits per heavy atom. The van der Waals surface area contributed by atoms with Crippen molar-refractivity contribution in [3.05, 3.63) is 71.9 Å². The van der Waals surface area contributed by atoms with Gasteiger partial charge in [-0.25, -0.2) is 8.78 Å². The largest absolute Gasteiger partial charge is 0.333 e. The van der Waals surface area contributed by atoms with Crippen molar-refractivity contribution >= 4 is 16.8 Å². The summed E-state index contributed by atoms with van der Waals surface area (Å²) in [7, 11) is 1.42.